The van der Waals surface area contributed by atoms with Crippen LogP contribution >= 0.6 is 0 Å². The van der Waals surface area contributed by atoms with E-state index in [1.54, 1.807) is 0 Å². The lowest BCUT2D eigenvalue weighted by Crippen LogP contribution is -2.06. The first-order valence-electron chi connectivity index (χ1n) is 8.67. The Morgan fingerprint density at radius 1 is 0.742 bits per heavy atom. The quantitative estimate of drug-likeness (QED) is 0.428. The van der Waals surface area contributed by atoms with E-state index in [2.05, 4.69) is 19.9 Å². The van der Waals surface area contributed by atoms with Gasteiger partial charge in [0.15, 0.2) is 5.82 Å². The van der Waals surface area contributed by atoms with E-state index in [0.29, 0.717) is 11.8 Å². The Bertz CT molecular complexity index is 1270. The lowest BCUT2D eigenvalue weighted by atomic mass is 10.0. The van der Waals surface area contributed by atoms with E-state index >= 15 is 0 Å². The number of aromatic nitrogens is 4. The maximum Gasteiger partial charge on any atom is 0.417 e. The summed E-state index contributed by atoms with van der Waals surface area (Å²) in [4.78, 5) is 16.0. The van der Waals surface area contributed by atoms with Crippen molar-refractivity contribution in [2.45, 2.75) is 12.4 Å². The summed E-state index contributed by atoms with van der Waals surface area (Å²) < 4.78 is 77.8. The monoisotopic (exact) mass is 435 g/mol. The van der Waals surface area contributed by atoms with E-state index in [-0.39, 0.29) is 33.9 Å². The molecule has 3 aromatic heterocycles. The molecule has 0 spiro atoms. The van der Waals surface area contributed by atoms with E-state index in [0.717, 1.165) is 24.4 Å². The number of halogens is 6. The first-order chi connectivity index (χ1) is 14.5. The Kier molecular flexibility index (Phi) is 4.75. The highest BCUT2D eigenvalue weighted by Crippen LogP contribution is 2.35. The highest BCUT2D eigenvalue weighted by molar-refractivity contribution is 5.87. The average molecular weight is 435 g/mol. The van der Waals surface area contributed by atoms with E-state index in [9.17, 15) is 26.3 Å². The summed E-state index contributed by atoms with van der Waals surface area (Å²) in [5.41, 5.74) is 4.87. The molecule has 0 amide bonds. The number of nitrogens with two attached hydrogens (primary N) is 1. The fourth-order valence-corrected chi connectivity index (χ4v) is 2.98. The number of rotatable bonds is 2. The van der Waals surface area contributed by atoms with Gasteiger partial charge < -0.3 is 5.73 Å². The minimum Gasteiger partial charge on any atom is -0.384 e. The lowest BCUT2D eigenvalue weighted by molar-refractivity contribution is -0.138. The number of pyridine rings is 2. The van der Waals surface area contributed by atoms with Crippen LogP contribution in [0, 0.1) is 0 Å². The number of anilines is 1. The summed E-state index contributed by atoms with van der Waals surface area (Å²) in [6, 6.07) is 8.34. The Morgan fingerprint density at radius 3 is 2.16 bits per heavy atom. The minimum absolute atomic E-state index is 0.0128. The first kappa shape index (κ1) is 20.5. The second kappa shape index (κ2) is 7.18. The zero-order valence-corrected chi connectivity index (χ0v) is 15.3. The van der Waals surface area contributed by atoms with Gasteiger partial charge in [0.25, 0.3) is 0 Å². The summed E-state index contributed by atoms with van der Waals surface area (Å²) in [5, 5.41) is -0.0783. The Balaban J connectivity index is 1.77. The fourth-order valence-electron chi connectivity index (χ4n) is 2.98. The Hall–Kier alpha value is -3.76. The molecule has 0 aliphatic rings. The molecule has 158 valence electrons. The van der Waals surface area contributed by atoms with Gasteiger partial charge in [0.1, 0.15) is 11.5 Å². The Labute approximate surface area is 170 Å². The van der Waals surface area contributed by atoms with E-state index in [1.165, 1.54) is 24.3 Å². The van der Waals surface area contributed by atoms with Crippen molar-refractivity contribution in [2.75, 3.05) is 5.73 Å². The molecule has 5 nitrogen and oxygen atoms in total. The molecule has 31 heavy (non-hydrogen) atoms. The van der Waals surface area contributed by atoms with Crippen molar-refractivity contribution in [1.29, 1.82) is 0 Å². The predicted molar refractivity (Wildman–Crippen MR) is 100 cm³/mol. The van der Waals surface area contributed by atoms with Gasteiger partial charge in [-0.05, 0) is 24.3 Å². The van der Waals surface area contributed by atoms with Crippen LogP contribution in [0.15, 0.2) is 54.9 Å². The SMILES string of the molecule is Nc1cc(-c2ccc3c(C(F)(F)F)ccnc3c2)nc(-c2ccc(C(F)(F)F)cn2)n1. The van der Waals surface area contributed by atoms with Gasteiger partial charge >= 0.3 is 12.4 Å². The largest absolute Gasteiger partial charge is 0.417 e. The third kappa shape index (κ3) is 4.11. The molecule has 0 saturated carbocycles. The fraction of sp³-hybridized carbons (Fsp3) is 0.100. The van der Waals surface area contributed by atoms with E-state index < -0.39 is 23.5 Å². The number of hydrogen-bond donors (Lipinski definition) is 1. The van der Waals surface area contributed by atoms with Crippen molar-refractivity contribution < 1.29 is 26.3 Å². The van der Waals surface area contributed by atoms with Crippen LogP contribution in [0.5, 0.6) is 0 Å². The van der Waals surface area contributed by atoms with E-state index in [1.807, 2.05) is 0 Å². The van der Waals surface area contributed by atoms with Gasteiger partial charge in [-0.1, -0.05) is 12.1 Å². The molecule has 0 aliphatic heterocycles. The summed E-state index contributed by atoms with van der Waals surface area (Å²) in [5.74, 6) is -0.0142. The second-order valence-corrected chi connectivity index (χ2v) is 6.52. The third-order valence-corrected chi connectivity index (χ3v) is 4.41. The lowest BCUT2D eigenvalue weighted by Gasteiger charge is -2.11. The molecule has 0 fully saturated rings. The van der Waals surface area contributed by atoms with Crippen molar-refractivity contribution in [1.82, 2.24) is 19.9 Å². The molecule has 0 radical (unpaired) electrons. The zero-order chi connectivity index (χ0) is 22.4. The van der Waals surface area contributed by atoms with Crippen LogP contribution in [0.3, 0.4) is 0 Å². The van der Waals surface area contributed by atoms with Crippen molar-refractivity contribution in [3.05, 3.63) is 66.0 Å². The minimum atomic E-state index is -4.54. The van der Waals surface area contributed by atoms with E-state index in [4.69, 9.17) is 5.73 Å². The molecule has 0 atom stereocenters. The number of hydrogen-bond acceptors (Lipinski definition) is 5. The van der Waals surface area contributed by atoms with Gasteiger partial charge in [-0.2, -0.15) is 26.3 Å². The number of alkyl halides is 6. The van der Waals surface area contributed by atoms with Crippen molar-refractivity contribution in [3.63, 3.8) is 0 Å². The maximum absolute atomic E-state index is 13.2. The Morgan fingerprint density at radius 2 is 1.52 bits per heavy atom. The second-order valence-electron chi connectivity index (χ2n) is 6.52. The highest BCUT2D eigenvalue weighted by atomic mass is 19.4. The molecule has 0 unspecified atom stereocenters. The molecule has 2 N–H and O–H groups in total. The van der Waals surface area contributed by atoms with Crippen molar-refractivity contribution in [3.8, 4) is 22.8 Å². The van der Waals surface area contributed by atoms with Crippen LogP contribution in [-0.4, -0.2) is 19.9 Å². The highest BCUT2D eigenvalue weighted by Gasteiger charge is 2.33. The van der Waals surface area contributed by atoms with Crippen molar-refractivity contribution >= 4 is 16.7 Å². The van der Waals surface area contributed by atoms with Gasteiger partial charge in [-0.3, -0.25) is 9.97 Å². The molecule has 3 heterocycles. The molecule has 0 saturated heterocycles. The van der Waals surface area contributed by atoms with Crippen molar-refractivity contribution in [2.24, 2.45) is 0 Å². The first-order valence-corrected chi connectivity index (χ1v) is 8.67. The number of nitrogens with zero attached hydrogens (tertiary/aromatic N) is 4. The number of nitrogen functional groups attached to an aromatic ring is 1. The van der Waals surface area contributed by atoms with Crippen LogP contribution in [0.2, 0.25) is 0 Å². The molecule has 4 aromatic rings. The van der Waals surface area contributed by atoms with Crippen LogP contribution < -0.4 is 5.73 Å². The summed E-state index contributed by atoms with van der Waals surface area (Å²) >= 11 is 0. The molecular weight excluding hydrogens is 424 g/mol. The number of fused-ring (bicyclic) bond motifs is 1. The molecule has 0 aliphatic carbocycles. The third-order valence-electron chi connectivity index (χ3n) is 4.41. The van der Waals surface area contributed by atoms with Crippen LogP contribution in [0.25, 0.3) is 33.7 Å². The van der Waals surface area contributed by atoms with Crippen LogP contribution in [0.4, 0.5) is 32.2 Å². The molecule has 4 rings (SSSR count). The van der Waals surface area contributed by atoms with Gasteiger partial charge in [-0.15, -0.1) is 0 Å². The van der Waals surface area contributed by atoms with Crippen LogP contribution in [-0.2, 0) is 12.4 Å². The molecule has 0 bridgehead atoms. The average Bonchev–Trinajstić information content (AvgIpc) is 2.71. The molecule has 1 aromatic carbocycles. The molecular formula is C20H11F6N5. The normalized spacial score (nSPS) is 12.3. The maximum atomic E-state index is 13.2. The topological polar surface area (TPSA) is 77.6 Å². The summed E-state index contributed by atoms with van der Waals surface area (Å²) in [6.45, 7) is 0. The van der Waals surface area contributed by atoms with Gasteiger partial charge in [0.05, 0.1) is 22.3 Å². The van der Waals surface area contributed by atoms with Gasteiger partial charge in [0.2, 0.25) is 0 Å². The summed E-state index contributed by atoms with van der Waals surface area (Å²) in [6.07, 6.45) is -7.37. The standard InChI is InChI=1S/C20H11F6N5/c21-19(22,23)11-2-4-14(29-9-11)18-30-15(8-17(27)31-18)10-1-3-12-13(20(24,25)26)5-6-28-16(12)7-10/h1-9H,(H2,27,30,31). The summed E-state index contributed by atoms with van der Waals surface area (Å²) in [7, 11) is 0. The van der Waals surface area contributed by atoms with Gasteiger partial charge in [-0.25, -0.2) is 9.97 Å². The number of benzene rings is 1. The smallest absolute Gasteiger partial charge is 0.384 e. The van der Waals surface area contributed by atoms with Gasteiger partial charge in [0, 0.05) is 29.4 Å². The molecule has 11 heteroatoms. The predicted octanol–water partition coefficient (Wildman–Crippen LogP) is 5.37. The van der Waals surface area contributed by atoms with Crippen LogP contribution in [0.1, 0.15) is 11.1 Å². The zero-order valence-electron chi connectivity index (χ0n) is 15.3.